The topological polar surface area (TPSA) is 67.9 Å². The van der Waals surface area contributed by atoms with Crippen molar-refractivity contribution in [3.05, 3.63) is 46.9 Å². The molecular formula is C18H17BrN2O4. The summed E-state index contributed by atoms with van der Waals surface area (Å²) in [5.74, 6) is 0.396. The lowest BCUT2D eigenvalue weighted by atomic mass is 10.2. The zero-order chi connectivity index (χ0) is 18.0. The lowest BCUT2D eigenvalue weighted by molar-refractivity contribution is -0.121. The number of methoxy groups -OCH3 is 2. The highest BCUT2D eigenvalue weighted by Gasteiger charge is 2.41. The molecule has 0 aromatic heterocycles. The first-order valence-electron chi connectivity index (χ1n) is 7.65. The van der Waals surface area contributed by atoms with Crippen molar-refractivity contribution >= 4 is 39.1 Å². The van der Waals surface area contributed by atoms with Gasteiger partial charge < -0.3 is 14.8 Å². The Kier molecular flexibility index (Phi) is 4.94. The van der Waals surface area contributed by atoms with Gasteiger partial charge in [0.05, 0.1) is 26.3 Å². The van der Waals surface area contributed by atoms with Gasteiger partial charge in [0, 0.05) is 16.2 Å². The molecule has 130 valence electrons. The number of nitrogens with zero attached hydrogens (tertiary/aromatic N) is 1. The number of para-hydroxylation sites is 1. The van der Waals surface area contributed by atoms with Crippen LogP contribution in [0.1, 0.15) is 6.42 Å². The summed E-state index contributed by atoms with van der Waals surface area (Å²) < 4.78 is 11.3. The van der Waals surface area contributed by atoms with E-state index in [2.05, 4.69) is 21.2 Å². The molecule has 1 fully saturated rings. The molecular weight excluding hydrogens is 388 g/mol. The van der Waals surface area contributed by atoms with E-state index >= 15 is 0 Å². The third-order valence-corrected chi connectivity index (χ3v) is 4.67. The number of carbonyl (C=O) groups excluding carboxylic acids is 2. The Morgan fingerprint density at radius 1 is 1.12 bits per heavy atom. The molecule has 1 N–H and O–H groups in total. The zero-order valence-corrected chi connectivity index (χ0v) is 15.4. The first kappa shape index (κ1) is 17.3. The van der Waals surface area contributed by atoms with E-state index in [0.717, 1.165) is 15.1 Å². The van der Waals surface area contributed by atoms with Crippen LogP contribution >= 0.6 is 15.9 Å². The Morgan fingerprint density at radius 3 is 2.56 bits per heavy atom. The fourth-order valence-corrected chi connectivity index (χ4v) is 3.13. The largest absolute Gasteiger partial charge is 0.497 e. The number of hydrogen-bond donors (Lipinski definition) is 1. The molecule has 3 rings (SSSR count). The summed E-state index contributed by atoms with van der Waals surface area (Å²) in [6.45, 7) is 0. The molecule has 1 aliphatic heterocycles. The second-order valence-electron chi connectivity index (χ2n) is 5.49. The maximum absolute atomic E-state index is 12.8. The molecule has 0 bridgehead atoms. The van der Waals surface area contributed by atoms with Gasteiger partial charge in [-0.3, -0.25) is 9.59 Å². The summed E-state index contributed by atoms with van der Waals surface area (Å²) in [5.41, 5.74) is 1.17. The summed E-state index contributed by atoms with van der Waals surface area (Å²) in [6.07, 6.45) is 0.0787. The molecule has 0 saturated carbocycles. The summed E-state index contributed by atoms with van der Waals surface area (Å²) >= 11 is 3.43. The molecule has 6 nitrogen and oxygen atoms in total. The van der Waals surface area contributed by atoms with Gasteiger partial charge >= 0.3 is 0 Å². The molecule has 0 unspecified atom stereocenters. The minimum Gasteiger partial charge on any atom is -0.497 e. The zero-order valence-electron chi connectivity index (χ0n) is 13.8. The summed E-state index contributed by atoms with van der Waals surface area (Å²) in [6, 6.07) is 11.8. The van der Waals surface area contributed by atoms with Crippen molar-refractivity contribution in [3.63, 3.8) is 0 Å². The van der Waals surface area contributed by atoms with E-state index in [4.69, 9.17) is 9.47 Å². The molecule has 2 aromatic carbocycles. The van der Waals surface area contributed by atoms with Crippen LogP contribution in [0.25, 0.3) is 0 Å². The number of imide groups is 1. The Bertz CT molecular complexity index is 824. The average Bonchev–Trinajstić information content (AvgIpc) is 2.90. The third kappa shape index (κ3) is 3.32. The quantitative estimate of drug-likeness (QED) is 0.774. The van der Waals surface area contributed by atoms with Crippen LogP contribution in [-0.2, 0) is 9.59 Å². The van der Waals surface area contributed by atoms with Crippen molar-refractivity contribution in [2.24, 2.45) is 0 Å². The van der Waals surface area contributed by atoms with Crippen molar-refractivity contribution in [2.75, 3.05) is 24.4 Å². The maximum Gasteiger partial charge on any atom is 0.256 e. The normalized spacial score (nSPS) is 16.9. The number of halogens is 1. The van der Waals surface area contributed by atoms with Gasteiger partial charge in [0.2, 0.25) is 5.91 Å². The summed E-state index contributed by atoms with van der Waals surface area (Å²) in [5, 5.41) is 3.12. The molecule has 1 heterocycles. The molecule has 2 amide bonds. The molecule has 7 heteroatoms. The van der Waals surface area contributed by atoms with E-state index in [0.29, 0.717) is 17.2 Å². The molecule has 0 spiro atoms. The molecule has 1 saturated heterocycles. The highest BCUT2D eigenvalue weighted by Crippen LogP contribution is 2.36. The second-order valence-corrected chi connectivity index (χ2v) is 6.34. The lowest BCUT2D eigenvalue weighted by Crippen LogP contribution is -2.35. The Balaban J connectivity index is 1.88. The molecule has 0 aliphatic carbocycles. The van der Waals surface area contributed by atoms with Crippen LogP contribution in [0.3, 0.4) is 0 Å². The van der Waals surface area contributed by atoms with Crippen LogP contribution in [0.15, 0.2) is 46.9 Å². The monoisotopic (exact) mass is 404 g/mol. The number of amides is 2. The van der Waals surface area contributed by atoms with Gasteiger partial charge in [-0.2, -0.15) is 0 Å². The number of hydrogen-bond acceptors (Lipinski definition) is 5. The summed E-state index contributed by atoms with van der Waals surface area (Å²) in [7, 11) is 3.03. The Labute approximate surface area is 153 Å². The summed E-state index contributed by atoms with van der Waals surface area (Å²) in [4.78, 5) is 26.4. The molecule has 25 heavy (non-hydrogen) atoms. The van der Waals surface area contributed by atoms with Gasteiger partial charge in [-0.1, -0.05) is 12.1 Å². The molecule has 0 radical (unpaired) electrons. The lowest BCUT2D eigenvalue weighted by Gasteiger charge is -2.19. The van der Waals surface area contributed by atoms with E-state index < -0.39 is 6.04 Å². The minimum absolute atomic E-state index is 0.0787. The minimum atomic E-state index is -0.627. The van der Waals surface area contributed by atoms with Gasteiger partial charge in [0.25, 0.3) is 5.91 Å². The van der Waals surface area contributed by atoms with Crippen LogP contribution in [0.5, 0.6) is 11.5 Å². The SMILES string of the molecule is COc1ccc(N2C(=O)C[C@H](Nc3ccccc3Br)C2=O)c(OC)c1. The standard InChI is InChI=1S/C18H17BrN2O4/c1-24-11-7-8-15(16(9-11)25-2)21-17(22)10-14(18(21)23)20-13-6-4-3-5-12(13)19/h3-9,14,20H,10H2,1-2H3/t14-/m0/s1. The number of anilines is 2. The molecule has 1 atom stereocenters. The predicted octanol–water partition coefficient (Wildman–Crippen LogP) is 3.21. The van der Waals surface area contributed by atoms with Crippen LogP contribution in [-0.4, -0.2) is 32.1 Å². The van der Waals surface area contributed by atoms with Crippen LogP contribution in [0, 0.1) is 0 Å². The van der Waals surface area contributed by atoms with E-state index in [-0.39, 0.29) is 18.2 Å². The van der Waals surface area contributed by atoms with Crippen molar-refractivity contribution < 1.29 is 19.1 Å². The number of benzene rings is 2. The number of ether oxygens (including phenoxy) is 2. The highest BCUT2D eigenvalue weighted by molar-refractivity contribution is 9.10. The Hall–Kier alpha value is -2.54. The smallest absolute Gasteiger partial charge is 0.256 e. The van der Waals surface area contributed by atoms with E-state index in [1.165, 1.54) is 14.2 Å². The number of carbonyl (C=O) groups is 2. The predicted molar refractivity (Wildman–Crippen MR) is 98.2 cm³/mol. The van der Waals surface area contributed by atoms with Crippen molar-refractivity contribution in [2.45, 2.75) is 12.5 Å². The average molecular weight is 405 g/mol. The maximum atomic E-state index is 12.8. The van der Waals surface area contributed by atoms with Crippen molar-refractivity contribution in [1.29, 1.82) is 0 Å². The third-order valence-electron chi connectivity index (χ3n) is 3.98. The first-order chi connectivity index (χ1) is 12.0. The number of nitrogens with one attached hydrogen (secondary N) is 1. The fourth-order valence-electron chi connectivity index (χ4n) is 2.73. The van der Waals surface area contributed by atoms with Gasteiger partial charge in [-0.25, -0.2) is 4.90 Å². The van der Waals surface area contributed by atoms with E-state index in [1.54, 1.807) is 18.2 Å². The van der Waals surface area contributed by atoms with E-state index in [9.17, 15) is 9.59 Å². The van der Waals surface area contributed by atoms with E-state index in [1.807, 2.05) is 24.3 Å². The van der Waals surface area contributed by atoms with Gasteiger partial charge in [-0.05, 0) is 40.2 Å². The van der Waals surface area contributed by atoms with Crippen molar-refractivity contribution in [3.8, 4) is 11.5 Å². The van der Waals surface area contributed by atoms with Crippen LogP contribution < -0.4 is 19.7 Å². The number of rotatable bonds is 5. The van der Waals surface area contributed by atoms with Crippen LogP contribution in [0.4, 0.5) is 11.4 Å². The molecule has 1 aliphatic rings. The Morgan fingerprint density at radius 2 is 1.88 bits per heavy atom. The fraction of sp³-hybridized carbons (Fsp3) is 0.222. The van der Waals surface area contributed by atoms with Crippen molar-refractivity contribution in [1.82, 2.24) is 0 Å². The second kappa shape index (κ2) is 7.14. The highest BCUT2D eigenvalue weighted by atomic mass is 79.9. The van der Waals surface area contributed by atoms with Gasteiger partial charge in [0.1, 0.15) is 17.5 Å². The van der Waals surface area contributed by atoms with Crippen LogP contribution in [0.2, 0.25) is 0 Å². The molecule has 2 aromatic rings. The van der Waals surface area contributed by atoms with Gasteiger partial charge in [-0.15, -0.1) is 0 Å². The first-order valence-corrected chi connectivity index (χ1v) is 8.44. The van der Waals surface area contributed by atoms with Gasteiger partial charge in [0.15, 0.2) is 0 Å².